The summed E-state index contributed by atoms with van der Waals surface area (Å²) in [4.78, 5) is 14.0. The van der Waals surface area contributed by atoms with Crippen molar-refractivity contribution >= 4 is 17.2 Å². The van der Waals surface area contributed by atoms with Gasteiger partial charge in [-0.25, -0.2) is 0 Å². The lowest BCUT2D eigenvalue weighted by Gasteiger charge is -2.15. The number of benzene rings is 2. The fraction of sp³-hybridized carbons (Fsp3) is 0.211. The third-order valence-corrected chi connectivity index (χ3v) is 3.86. The molecule has 1 aliphatic rings. The second kappa shape index (κ2) is 6.26. The average Bonchev–Trinajstić information content (AvgIpc) is 2.82. The van der Waals surface area contributed by atoms with Crippen LogP contribution in [-0.2, 0) is 4.79 Å². The van der Waals surface area contributed by atoms with Crippen LogP contribution in [0, 0.1) is 0 Å². The molecule has 1 amide bonds. The largest absolute Gasteiger partial charge is 0.492 e. The number of fused-ring (bicyclic) bond motifs is 1. The van der Waals surface area contributed by atoms with E-state index in [9.17, 15) is 4.79 Å². The van der Waals surface area contributed by atoms with Crippen LogP contribution >= 0.6 is 0 Å². The number of likely N-dealkylation sites (N-methyl/N-ethyl adjacent to an activating group) is 1. The number of amides is 1. The first-order chi connectivity index (χ1) is 11.1. The Morgan fingerprint density at radius 1 is 1.09 bits per heavy atom. The first kappa shape index (κ1) is 15.3. The quantitative estimate of drug-likeness (QED) is 0.862. The SMILES string of the molecule is C=C1C(=O)Nc2cccc(-c3ccccc3OCCN(C)C)c21. The smallest absolute Gasteiger partial charge is 0.255 e. The predicted octanol–water partition coefficient (Wildman–Crippen LogP) is 3.26. The molecule has 0 saturated carbocycles. The molecular weight excluding hydrogens is 288 g/mol. The number of para-hydroxylation sites is 1. The van der Waals surface area contributed by atoms with Crippen LogP contribution in [0.5, 0.6) is 5.75 Å². The molecule has 0 aliphatic carbocycles. The predicted molar refractivity (Wildman–Crippen MR) is 93.6 cm³/mol. The second-order valence-electron chi connectivity index (χ2n) is 5.81. The number of carbonyl (C=O) groups excluding carboxylic acids is 1. The van der Waals surface area contributed by atoms with Gasteiger partial charge in [0.1, 0.15) is 12.4 Å². The normalized spacial score (nSPS) is 13.2. The van der Waals surface area contributed by atoms with E-state index < -0.39 is 0 Å². The molecule has 1 heterocycles. The lowest BCUT2D eigenvalue weighted by molar-refractivity contribution is -0.110. The number of hydrogen-bond acceptors (Lipinski definition) is 3. The Kier molecular flexibility index (Phi) is 4.17. The number of nitrogens with zero attached hydrogens (tertiary/aromatic N) is 1. The number of hydrogen-bond donors (Lipinski definition) is 1. The molecular formula is C19H20N2O2. The number of rotatable bonds is 5. The Bertz CT molecular complexity index is 766. The minimum absolute atomic E-state index is 0.140. The highest BCUT2D eigenvalue weighted by molar-refractivity contribution is 6.32. The van der Waals surface area contributed by atoms with Crippen molar-refractivity contribution in [2.24, 2.45) is 0 Å². The van der Waals surface area contributed by atoms with E-state index in [4.69, 9.17) is 4.74 Å². The molecule has 0 spiro atoms. The molecule has 0 saturated heterocycles. The van der Waals surface area contributed by atoms with Crippen LogP contribution in [0.2, 0.25) is 0 Å². The van der Waals surface area contributed by atoms with E-state index in [2.05, 4.69) is 16.8 Å². The van der Waals surface area contributed by atoms with E-state index in [1.54, 1.807) is 0 Å². The zero-order valence-corrected chi connectivity index (χ0v) is 13.4. The molecule has 2 aromatic rings. The van der Waals surface area contributed by atoms with Gasteiger partial charge in [-0.2, -0.15) is 0 Å². The minimum Gasteiger partial charge on any atom is -0.492 e. The van der Waals surface area contributed by atoms with Crippen molar-refractivity contribution in [3.05, 3.63) is 54.6 Å². The molecule has 0 radical (unpaired) electrons. The molecule has 3 rings (SSSR count). The molecule has 1 aliphatic heterocycles. The van der Waals surface area contributed by atoms with Crippen molar-refractivity contribution in [1.29, 1.82) is 0 Å². The topological polar surface area (TPSA) is 41.6 Å². The van der Waals surface area contributed by atoms with Gasteiger partial charge >= 0.3 is 0 Å². The third-order valence-electron chi connectivity index (χ3n) is 3.86. The molecule has 0 bridgehead atoms. The van der Waals surface area contributed by atoms with Gasteiger partial charge in [0.05, 0.1) is 0 Å². The maximum atomic E-state index is 11.9. The molecule has 2 aromatic carbocycles. The highest BCUT2D eigenvalue weighted by atomic mass is 16.5. The molecule has 23 heavy (non-hydrogen) atoms. The summed E-state index contributed by atoms with van der Waals surface area (Å²) in [6.45, 7) is 5.37. The van der Waals surface area contributed by atoms with Crippen molar-refractivity contribution in [3.8, 4) is 16.9 Å². The maximum absolute atomic E-state index is 11.9. The molecule has 4 nitrogen and oxygen atoms in total. The Morgan fingerprint density at radius 3 is 2.61 bits per heavy atom. The van der Waals surface area contributed by atoms with Crippen LogP contribution in [0.1, 0.15) is 5.56 Å². The van der Waals surface area contributed by atoms with Gasteiger partial charge in [0.2, 0.25) is 0 Å². The number of anilines is 1. The van der Waals surface area contributed by atoms with Gasteiger partial charge in [-0.3, -0.25) is 4.79 Å². The fourth-order valence-electron chi connectivity index (χ4n) is 2.67. The minimum atomic E-state index is -0.140. The summed E-state index contributed by atoms with van der Waals surface area (Å²) < 4.78 is 5.95. The monoisotopic (exact) mass is 308 g/mol. The van der Waals surface area contributed by atoms with Crippen LogP contribution in [0.4, 0.5) is 5.69 Å². The van der Waals surface area contributed by atoms with Crippen molar-refractivity contribution in [1.82, 2.24) is 4.90 Å². The van der Waals surface area contributed by atoms with E-state index in [0.29, 0.717) is 12.2 Å². The Balaban J connectivity index is 1.99. The zero-order valence-electron chi connectivity index (χ0n) is 13.4. The molecule has 0 fully saturated rings. The molecule has 0 unspecified atom stereocenters. The molecule has 118 valence electrons. The number of nitrogens with one attached hydrogen (secondary N) is 1. The van der Waals surface area contributed by atoms with Gasteiger partial charge in [0.25, 0.3) is 5.91 Å². The van der Waals surface area contributed by atoms with E-state index in [1.165, 1.54) is 0 Å². The first-order valence-electron chi connectivity index (χ1n) is 7.58. The summed E-state index contributed by atoms with van der Waals surface area (Å²) in [5.41, 5.74) is 4.10. The maximum Gasteiger partial charge on any atom is 0.255 e. The highest BCUT2D eigenvalue weighted by Crippen LogP contribution is 2.41. The van der Waals surface area contributed by atoms with E-state index >= 15 is 0 Å². The van der Waals surface area contributed by atoms with Crippen molar-refractivity contribution in [2.75, 3.05) is 32.6 Å². The third kappa shape index (κ3) is 2.98. The first-order valence-corrected chi connectivity index (χ1v) is 7.58. The summed E-state index contributed by atoms with van der Waals surface area (Å²) >= 11 is 0. The standard InChI is InChI=1S/C19H20N2O2/c1-13-18-15(8-6-9-16(18)20-19(13)22)14-7-4-5-10-17(14)23-12-11-21(2)3/h4-10H,1,11-12H2,2-3H3,(H,20,22). The summed E-state index contributed by atoms with van der Waals surface area (Å²) in [6, 6.07) is 13.7. The molecule has 1 N–H and O–H groups in total. The van der Waals surface area contributed by atoms with Crippen molar-refractivity contribution < 1.29 is 9.53 Å². The van der Waals surface area contributed by atoms with E-state index in [0.717, 1.165) is 34.7 Å². The summed E-state index contributed by atoms with van der Waals surface area (Å²) in [5.74, 6) is 0.674. The van der Waals surface area contributed by atoms with Gasteiger partial charge in [-0.15, -0.1) is 0 Å². The van der Waals surface area contributed by atoms with Gasteiger partial charge < -0.3 is 15.0 Å². The lowest BCUT2D eigenvalue weighted by Crippen LogP contribution is -2.19. The van der Waals surface area contributed by atoms with Gasteiger partial charge in [0.15, 0.2) is 0 Å². The van der Waals surface area contributed by atoms with Crippen LogP contribution in [0.25, 0.3) is 16.7 Å². The van der Waals surface area contributed by atoms with Crippen LogP contribution in [0.3, 0.4) is 0 Å². The van der Waals surface area contributed by atoms with E-state index in [-0.39, 0.29) is 5.91 Å². The molecule has 0 atom stereocenters. The Labute approximate surface area is 136 Å². The van der Waals surface area contributed by atoms with Gasteiger partial charge in [0, 0.05) is 28.9 Å². The van der Waals surface area contributed by atoms with Gasteiger partial charge in [-0.05, 0) is 31.8 Å². The van der Waals surface area contributed by atoms with Crippen LogP contribution < -0.4 is 10.1 Å². The zero-order chi connectivity index (χ0) is 16.4. The highest BCUT2D eigenvalue weighted by Gasteiger charge is 2.26. The summed E-state index contributed by atoms with van der Waals surface area (Å²) in [5, 5.41) is 2.85. The van der Waals surface area contributed by atoms with Crippen LogP contribution in [0.15, 0.2) is 49.0 Å². The van der Waals surface area contributed by atoms with Crippen molar-refractivity contribution in [2.45, 2.75) is 0 Å². The number of ether oxygens (including phenoxy) is 1. The Hall–Kier alpha value is -2.59. The fourth-order valence-corrected chi connectivity index (χ4v) is 2.67. The molecule has 0 aromatic heterocycles. The average molecular weight is 308 g/mol. The summed E-state index contributed by atoms with van der Waals surface area (Å²) in [7, 11) is 4.03. The second-order valence-corrected chi connectivity index (χ2v) is 5.81. The Morgan fingerprint density at radius 2 is 1.83 bits per heavy atom. The van der Waals surface area contributed by atoms with E-state index in [1.807, 2.05) is 56.6 Å². The van der Waals surface area contributed by atoms with Crippen LogP contribution in [-0.4, -0.2) is 38.1 Å². The van der Waals surface area contributed by atoms with Gasteiger partial charge in [-0.1, -0.05) is 36.9 Å². The lowest BCUT2D eigenvalue weighted by atomic mass is 9.95. The number of carbonyl (C=O) groups is 1. The van der Waals surface area contributed by atoms with Crippen molar-refractivity contribution in [3.63, 3.8) is 0 Å². The molecule has 4 heteroatoms. The summed E-state index contributed by atoms with van der Waals surface area (Å²) in [6.07, 6.45) is 0.